The first-order valence-electron chi connectivity index (χ1n) is 6.51. The molecule has 0 aliphatic carbocycles. The standard InChI is InChI=1S/C13H28N2O/c1-6-12(7-2)8-14-9-13(16)15-11(5)10(3)4/h10-12,14H,6-9H2,1-5H3,(H,15,16). The third-order valence-electron chi connectivity index (χ3n) is 3.26. The molecule has 0 aromatic heterocycles. The molecule has 0 aromatic carbocycles. The summed E-state index contributed by atoms with van der Waals surface area (Å²) in [4.78, 5) is 11.5. The molecule has 0 spiro atoms. The minimum absolute atomic E-state index is 0.104. The van der Waals surface area contributed by atoms with Crippen molar-refractivity contribution in [3.63, 3.8) is 0 Å². The lowest BCUT2D eigenvalue weighted by molar-refractivity contribution is -0.121. The molecule has 0 aliphatic rings. The molecule has 1 amide bonds. The van der Waals surface area contributed by atoms with Gasteiger partial charge in [0.25, 0.3) is 0 Å². The fraction of sp³-hybridized carbons (Fsp3) is 0.923. The average Bonchev–Trinajstić information content (AvgIpc) is 2.24. The summed E-state index contributed by atoms with van der Waals surface area (Å²) < 4.78 is 0. The molecule has 3 nitrogen and oxygen atoms in total. The Morgan fingerprint density at radius 1 is 1.12 bits per heavy atom. The van der Waals surface area contributed by atoms with Crippen molar-refractivity contribution in [3.05, 3.63) is 0 Å². The molecule has 2 N–H and O–H groups in total. The highest BCUT2D eigenvalue weighted by Gasteiger charge is 2.10. The van der Waals surface area contributed by atoms with E-state index in [0.717, 1.165) is 6.54 Å². The van der Waals surface area contributed by atoms with Gasteiger partial charge in [-0.1, -0.05) is 40.5 Å². The predicted molar refractivity (Wildman–Crippen MR) is 69.4 cm³/mol. The third kappa shape index (κ3) is 6.83. The van der Waals surface area contributed by atoms with Crippen LogP contribution in [0.2, 0.25) is 0 Å². The third-order valence-corrected chi connectivity index (χ3v) is 3.26. The van der Waals surface area contributed by atoms with Gasteiger partial charge in [-0.15, -0.1) is 0 Å². The van der Waals surface area contributed by atoms with Crippen LogP contribution in [0.1, 0.15) is 47.5 Å². The number of amides is 1. The molecule has 1 atom stereocenters. The Morgan fingerprint density at radius 2 is 1.69 bits per heavy atom. The van der Waals surface area contributed by atoms with E-state index in [-0.39, 0.29) is 11.9 Å². The zero-order chi connectivity index (χ0) is 12.6. The molecule has 0 saturated heterocycles. The zero-order valence-electron chi connectivity index (χ0n) is 11.5. The molecule has 0 aliphatic heterocycles. The molecule has 1 unspecified atom stereocenters. The predicted octanol–water partition coefficient (Wildman–Crippen LogP) is 2.17. The van der Waals surface area contributed by atoms with Crippen LogP contribution in [-0.4, -0.2) is 25.0 Å². The summed E-state index contributed by atoms with van der Waals surface area (Å²) in [5, 5.41) is 6.21. The van der Waals surface area contributed by atoms with Crippen molar-refractivity contribution in [1.29, 1.82) is 0 Å². The van der Waals surface area contributed by atoms with E-state index in [1.165, 1.54) is 12.8 Å². The summed E-state index contributed by atoms with van der Waals surface area (Å²) in [6.07, 6.45) is 2.35. The Morgan fingerprint density at radius 3 is 2.12 bits per heavy atom. The molecule has 0 radical (unpaired) electrons. The van der Waals surface area contributed by atoms with Gasteiger partial charge in [0.15, 0.2) is 0 Å². The summed E-state index contributed by atoms with van der Waals surface area (Å²) >= 11 is 0. The van der Waals surface area contributed by atoms with Crippen LogP contribution in [0.25, 0.3) is 0 Å². The van der Waals surface area contributed by atoms with Gasteiger partial charge in [-0.05, 0) is 25.3 Å². The molecular weight excluding hydrogens is 200 g/mol. The van der Waals surface area contributed by atoms with Gasteiger partial charge in [0.1, 0.15) is 0 Å². The summed E-state index contributed by atoms with van der Waals surface area (Å²) in [7, 11) is 0. The first-order chi connectivity index (χ1) is 7.51. The highest BCUT2D eigenvalue weighted by Crippen LogP contribution is 2.04. The highest BCUT2D eigenvalue weighted by atomic mass is 16.1. The molecular formula is C13H28N2O. The average molecular weight is 228 g/mol. The summed E-state index contributed by atoms with van der Waals surface area (Å²) in [6.45, 7) is 12.0. The van der Waals surface area contributed by atoms with Crippen molar-refractivity contribution < 1.29 is 4.79 Å². The van der Waals surface area contributed by atoms with Crippen LogP contribution < -0.4 is 10.6 Å². The second-order valence-corrected chi connectivity index (χ2v) is 4.91. The van der Waals surface area contributed by atoms with Crippen LogP contribution in [0.3, 0.4) is 0 Å². The Bertz CT molecular complexity index is 188. The first kappa shape index (κ1) is 15.4. The van der Waals surface area contributed by atoms with E-state index >= 15 is 0 Å². The Kier molecular flexibility index (Phi) is 8.26. The van der Waals surface area contributed by atoms with E-state index in [1.54, 1.807) is 0 Å². The quantitative estimate of drug-likeness (QED) is 0.668. The van der Waals surface area contributed by atoms with Crippen molar-refractivity contribution in [3.8, 4) is 0 Å². The molecule has 0 rings (SSSR count). The van der Waals surface area contributed by atoms with Gasteiger partial charge in [-0.2, -0.15) is 0 Å². The van der Waals surface area contributed by atoms with E-state index < -0.39 is 0 Å². The van der Waals surface area contributed by atoms with Gasteiger partial charge >= 0.3 is 0 Å². The monoisotopic (exact) mass is 228 g/mol. The van der Waals surface area contributed by atoms with Crippen LogP contribution in [0.15, 0.2) is 0 Å². The van der Waals surface area contributed by atoms with Gasteiger partial charge in [-0.25, -0.2) is 0 Å². The van der Waals surface area contributed by atoms with E-state index in [2.05, 4.69) is 38.3 Å². The fourth-order valence-corrected chi connectivity index (χ4v) is 1.44. The number of hydrogen-bond acceptors (Lipinski definition) is 2. The van der Waals surface area contributed by atoms with Gasteiger partial charge in [-0.3, -0.25) is 4.79 Å². The van der Waals surface area contributed by atoms with Crippen LogP contribution in [-0.2, 0) is 4.79 Å². The molecule has 0 fully saturated rings. The normalized spacial score (nSPS) is 13.2. The number of hydrogen-bond donors (Lipinski definition) is 2. The van der Waals surface area contributed by atoms with Crippen molar-refractivity contribution >= 4 is 5.91 Å². The summed E-state index contributed by atoms with van der Waals surface area (Å²) in [6, 6.07) is 0.252. The number of carbonyl (C=O) groups is 1. The topological polar surface area (TPSA) is 41.1 Å². The number of nitrogens with one attached hydrogen (secondary N) is 2. The zero-order valence-corrected chi connectivity index (χ0v) is 11.5. The lowest BCUT2D eigenvalue weighted by atomic mass is 10.0. The molecule has 0 bridgehead atoms. The van der Waals surface area contributed by atoms with Crippen molar-refractivity contribution in [2.24, 2.45) is 11.8 Å². The Balaban J connectivity index is 3.65. The minimum Gasteiger partial charge on any atom is -0.352 e. The Labute approximate surface area is 100 Å². The fourth-order valence-electron chi connectivity index (χ4n) is 1.44. The lowest BCUT2D eigenvalue weighted by Gasteiger charge is -2.18. The molecule has 0 aromatic rings. The second-order valence-electron chi connectivity index (χ2n) is 4.91. The van der Waals surface area contributed by atoms with E-state index in [4.69, 9.17) is 0 Å². The van der Waals surface area contributed by atoms with Crippen LogP contribution in [0.4, 0.5) is 0 Å². The van der Waals surface area contributed by atoms with Crippen LogP contribution in [0, 0.1) is 11.8 Å². The number of rotatable bonds is 8. The van der Waals surface area contributed by atoms with Gasteiger partial charge < -0.3 is 10.6 Å². The van der Waals surface area contributed by atoms with E-state index in [9.17, 15) is 4.79 Å². The van der Waals surface area contributed by atoms with Crippen LogP contribution in [0.5, 0.6) is 0 Å². The summed E-state index contributed by atoms with van der Waals surface area (Å²) in [5.74, 6) is 1.28. The van der Waals surface area contributed by atoms with Crippen molar-refractivity contribution in [2.45, 2.75) is 53.5 Å². The smallest absolute Gasteiger partial charge is 0.234 e. The van der Waals surface area contributed by atoms with Crippen LogP contribution >= 0.6 is 0 Å². The summed E-state index contributed by atoms with van der Waals surface area (Å²) in [5.41, 5.74) is 0. The number of carbonyl (C=O) groups excluding carboxylic acids is 1. The van der Waals surface area contributed by atoms with Crippen molar-refractivity contribution in [1.82, 2.24) is 10.6 Å². The molecule has 3 heteroatoms. The minimum atomic E-state index is 0.104. The second kappa shape index (κ2) is 8.57. The van der Waals surface area contributed by atoms with Gasteiger partial charge in [0, 0.05) is 6.04 Å². The molecule has 96 valence electrons. The lowest BCUT2D eigenvalue weighted by Crippen LogP contribution is -2.42. The first-order valence-corrected chi connectivity index (χ1v) is 6.51. The van der Waals surface area contributed by atoms with Gasteiger partial charge in [0.05, 0.1) is 6.54 Å². The maximum Gasteiger partial charge on any atom is 0.234 e. The Hall–Kier alpha value is -0.570. The van der Waals surface area contributed by atoms with Crippen molar-refractivity contribution in [2.75, 3.05) is 13.1 Å². The van der Waals surface area contributed by atoms with Gasteiger partial charge in [0.2, 0.25) is 5.91 Å². The SMILES string of the molecule is CCC(CC)CNCC(=O)NC(C)C(C)C. The molecule has 16 heavy (non-hydrogen) atoms. The van der Waals surface area contributed by atoms with E-state index in [1.807, 2.05) is 6.92 Å². The maximum absolute atomic E-state index is 11.5. The molecule has 0 saturated carbocycles. The maximum atomic E-state index is 11.5. The van der Waals surface area contributed by atoms with E-state index in [0.29, 0.717) is 18.4 Å². The molecule has 0 heterocycles. The highest BCUT2D eigenvalue weighted by molar-refractivity contribution is 5.78. The largest absolute Gasteiger partial charge is 0.352 e.